The lowest BCUT2D eigenvalue weighted by molar-refractivity contribution is 0.101. The number of carbonyl (C=O) groups excluding carboxylic acids is 2. The lowest BCUT2D eigenvalue weighted by Crippen LogP contribution is -2.14. The van der Waals surface area contributed by atoms with Crippen LogP contribution in [0.15, 0.2) is 72.9 Å². The highest BCUT2D eigenvalue weighted by molar-refractivity contribution is 6.05. The van der Waals surface area contributed by atoms with Gasteiger partial charge in [0.1, 0.15) is 5.82 Å². The first kappa shape index (κ1) is 18.3. The quantitative estimate of drug-likeness (QED) is 0.625. The van der Waals surface area contributed by atoms with E-state index in [0.29, 0.717) is 22.6 Å². The predicted octanol–water partition coefficient (Wildman–Crippen LogP) is 4.71. The standard InChI is InChI=1S/C22H21N3O2/c1-15(17-7-4-3-5-8-17)24-21-14-19(11-12-23-21)22(27)25-20-10-6-9-18(13-20)16(2)26/h3-15H,1-2H3,(H,23,24)(H,25,27). The van der Waals surface area contributed by atoms with Crippen LogP contribution in [0.4, 0.5) is 11.5 Å². The van der Waals surface area contributed by atoms with E-state index in [1.54, 1.807) is 42.6 Å². The van der Waals surface area contributed by atoms with Crippen LogP contribution in [0.25, 0.3) is 0 Å². The van der Waals surface area contributed by atoms with Crippen molar-refractivity contribution in [2.24, 2.45) is 0 Å². The third-order valence-corrected chi connectivity index (χ3v) is 4.21. The van der Waals surface area contributed by atoms with E-state index in [4.69, 9.17) is 0 Å². The van der Waals surface area contributed by atoms with Gasteiger partial charge in [0.2, 0.25) is 0 Å². The smallest absolute Gasteiger partial charge is 0.255 e. The van der Waals surface area contributed by atoms with E-state index in [1.165, 1.54) is 6.92 Å². The Hall–Kier alpha value is -3.47. The molecule has 2 aromatic carbocycles. The van der Waals surface area contributed by atoms with Crippen LogP contribution < -0.4 is 10.6 Å². The van der Waals surface area contributed by atoms with Gasteiger partial charge < -0.3 is 10.6 Å². The number of hydrogen-bond donors (Lipinski definition) is 2. The van der Waals surface area contributed by atoms with Gasteiger partial charge >= 0.3 is 0 Å². The number of nitrogens with zero attached hydrogens (tertiary/aromatic N) is 1. The molecule has 0 radical (unpaired) electrons. The minimum atomic E-state index is -0.256. The fourth-order valence-corrected chi connectivity index (χ4v) is 2.72. The van der Waals surface area contributed by atoms with Gasteiger partial charge in [-0.05, 0) is 43.7 Å². The van der Waals surface area contributed by atoms with Gasteiger partial charge in [-0.25, -0.2) is 4.98 Å². The van der Waals surface area contributed by atoms with Gasteiger partial charge in [0.05, 0.1) is 0 Å². The molecule has 0 fully saturated rings. The van der Waals surface area contributed by atoms with Crippen molar-refractivity contribution in [2.75, 3.05) is 10.6 Å². The third kappa shape index (κ3) is 4.79. The van der Waals surface area contributed by atoms with Crippen LogP contribution in [0.3, 0.4) is 0 Å². The van der Waals surface area contributed by atoms with Crippen LogP contribution in [-0.4, -0.2) is 16.7 Å². The Morgan fingerprint density at radius 1 is 0.926 bits per heavy atom. The number of carbonyl (C=O) groups is 2. The zero-order valence-corrected chi connectivity index (χ0v) is 15.3. The molecule has 136 valence electrons. The van der Waals surface area contributed by atoms with Gasteiger partial charge in [-0.2, -0.15) is 0 Å². The highest BCUT2D eigenvalue weighted by Gasteiger charge is 2.11. The van der Waals surface area contributed by atoms with Gasteiger partial charge in [-0.1, -0.05) is 42.5 Å². The Kier molecular flexibility index (Phi) is 5.61. The largest absolute Gasteiger partial charge is 0.364 e. The average molecular weight is 359 g/mol. The van der Waals surface area contributed by atoms with E-state index in [9.17, 15) is 9.59 Å². The van der Waals surface area contributed by atoms with Crippen molar-refractivity contribution in [1.82, 2.24) is 4.98 Å². The van der Waals surface area contributed by atoms with E-state index < -0.39 is 0 Å². The van der Waals surface area contributed by atoms with Crippen LogP contribution in [-0.2, 0) is 0 Å². The Labute approximate surface area is 158 Å². The summed E-state index contributed by atoms with van der Waals surface area (Å²) in [7, 11) is 0. The molecule has 0 saturated carbocycles. The molecule has 0 saturated heterocycles. The Bertz CT molecular complexity index is 955. The second-order valence-corrected chi connectivity index (χ2v) is 6.30. The van der Waals surface area contributed by atoms with Crippen molar-refractivity contribution >= 4 is 23.2 Å². The molecule has 1 unspecified atom stereocenters. The molecule has 0 aliphatic rings. The number of ketones is 1. The summed E-state index contributed by atoms with van der Waals surface area (Å²) in [6.45, 7) is 3.53. The number of benzene rings is 2. The van der Waals surface area contributed by atoms with Crippen LogP contribution >= 0.6 is 0 Å². The summed E-state index contributed by atoms with van der Waals surface area (Å²) in [5.74, 6) is 0.321. The number of Topliss-reactive ketones (excluding diaryl/α,β-unsaturated/α-hetero) is 1. The first-order valence-corrected chi connectivity index (χ1v) is 8.73. The number of pyridine rings is 1. The first-order valence-electron chi connectivity index (χ1n) is 8.73. The Morgan fingerprint density at radius 3 is 2.44 bits per heavy atom. The maximum Gasteiger partial charge on any atom is 0.255 e. The normalized spacial score (nSPS) is 11.5. The molecule has 3 aromatic rings. The molecule has 0 aliphatic heterocycles. The van der Waals surface area contributed by atoms with E-state index in [1.807, 2.05) is 37.3 Å². The molecule has 0 aliphatic carbocycles. The monoisotopic (exact) mass is 359 g/mol. The molecule has 1 heterocycles. The molecule has 5 nitrogen and oxygen atoms in total. The zero-order chi connectivity index (χ0) is 19.2. The molecule has 0 bridgehead atoms. The third-order valence-electron chi connectivity index (χ3n) is 4.21. The highest BCUT2D eigenvalue weighted by Crippen LogP contribution is 2.19. The molecule has 5 heteroatoms. The second-order valence-electron chi connectivity index (χ2n) is 6.30. The van der Waals surface area contributed by atoms with Gasteiger partial charge in [-0.3, -0.25) is 9.59 Å². The van der Waals surface area contributed by atoms with Gasteiger partial charge in [0.15, 0.2) is 5.78 Å². The molecular formula is C22H21N3O2. The topological polar surface area (TPSA) is 71.1 Å². The van der Waals surface area contributed by atoms with Crippen molar-refractivity contribution in [3.05, 3.63) is 89.6 Å². The number of rotatable bonds is 6. The van der Waals surface area contributed by atoms with Gasteiger partial charge in [-0.15, -0.1) is 0 Å². The minimum absolute atomic E-state index is 0.0450. The summed E-state index contributed by atoms with van der Waals surface area (Å²) in [5.41, 5.74) is 2.76. The Balaban J connectivity index is 1.72. The second kappa shape index (κ2) is 8.27. The highest BCUT2D eigenvalue weighted by atomic mass is 16.1. The molecule has 2 N–H and O–H groups in total. The van der Waals surface area contributed by atoms with Crippen LogP contribution in [0.2, 0.25) is 0 Å². The van der Waals surface area contributed by atoms with E-state index >= 15 is 0 Å². The maximum absolute atomic E-state index is 12.6. The van der Waals surface area contributed by atoms with Crippen molar-refractivity contribution in [3.63, 3.8) is 0 Å². The summed E-state index contributed by atoms with van der Waals surface area (Å²) in [6.07, 6.45) is 1.60. The molecule has 0 spiro atoms. The Morgan fingerprint density at radius 2 is 1.70 bits per heavy atom. The number of anilines is 2. The molecule has 1 amide bonds. The lowest BCUT2D eigenvalue weighted by Gasteiger charge is -2.15. The summed E-state index contributed by atoms with van der Waals surface area (Å²) >= 11 is 0. The molecule has 3 rings (SSSR count). The number of aromatic nitrogens is 1. The van der Waals surface area contributed by atoms with E-state index in [-0.39, 0.29) is 17.7 Å². The lowest BCUT2D eigenvalue weighted by atomic mass is 10.1. The first-order chi connectivity index (χ1) is 13.0. The summed E-state index contributed by atoms with van der Waals surface area (Å²) in [5, 5.41) is 6.12. The van der Waals surface area contributed by atoms with Crippen molar-refractivity contribution in [3.8, 4) is 0 Å². The fourth-order valence-electron chi connectivity index (χ4n) is 2.72. The molecule has 1 atom stereocenters. The van der Waals surface area contributed by atoms with Gasteiger partial charge in [0, 0.05) is 29.1 Å². The number of nitrogens with one attached hydrogen (secondary N) is 2. The fraction of sp³-hybridized carbons (Fsp3) is 0.136. The van der Waals surface area contributed by atoms with E-state index in [0.717, 1.165) is 5.56 Å². The van der Waals surface area contributed by atoms with Crippen molar-refractivity contribution in [1.29, 1.82) is 0 Å². The molecule has 1 aromatic heterocycles. The minimum Gasteiger partial charge on any atom is -0.364 e. The van der Waals surface area contributed by atoms with Crippen LogP contribution in [0, 0.1) is 0 Å². The molecule has 27 heavy (non-hydrogen) atoms. The average Bonchev–Trinajstić information content (AvgIpc) is 2.69. The summed E-state index contributed by atoms with van der Waals surface area (Å²) < 4.78 is 0. The van der Waals surface area contributed by atoms with E-state index in [2.05, 4.69) is 15.6 Å². The van der Waals surface area contributed by atoms with Crippen molar-refractivity contribution < 1.29 is 9.59 Å². The predicted molar refractivity (Wildman–Crippen MR) is 107 cm³/mol. The summed E-state index contributed by atoms with van der Waals surface area (Å²) in [6, 6.07) is 20.3. The van der Waals surface area contributed by atoms with Crippen molar-refractivity contribution in [2.45, 2.75) is 19.9 Å². The molecular weight excluding hydrogens is 338 g/mol. The zero-order valence-electron chi connectivity index (χ0n) is 15.3. The number of hydrogen-bond acceptors (Lipinski definition) is 4. The van der Waals surface area contributed by atoms with Gasteiger partial charge in [0.25, 0.3) is 5.91 Å². The van der Waals surface area contributed by atoms with Crippen LogP contribution in [0.1, 0.15) is 46.2 Å². The SMILES string of the molecule is CC(=O)c1cccc(NC(=O)c2ccnc(NC(C)c3ccccc3)c2)c1. The van der Waals surface area contributed by atoms with Crippen LogP contribution in [0.5, 0.6) is 0 Å². The maximum atomic E-state index is 12.6. The summed E-state index contributed by atoms with van der Waals surface area (Å²) in [4.78, 5) is 28.3. The number of amides is 1.